The van der Waals surface area contributed by atoms with Crippen LogP contribution in [0.5, 0.6) is 0 Å². The molecule has 0 bridgehead atoms. The molecule has 1 atom stereocenters. The molecule has 0 aliphatic rings. The van der Waals surface area contributed by atoms with Crippen LogP contribution in [0.15, 0.2) is 47.3 Å². The van der Waals surface area contributed by atoms with Crippen LogP contribution >= 0.6 is 34.8 Å². The summed E-state index contributed by atoms with van der Waals surface area (Å²) >= 11 is 18.1. The topological polar surface area (TPSA) is 55.2 Å². The average molecular weight is 495 g/mol. The monoisotopic (exact) mass is 493 g/mol. The Morgan fingerprint density at radius 3 is 2.44 bits per heavy atom. The van der Waals surface area contributed by atoms with Gasteiger partial charge in [-0.1, -0.05) is 60.8 Å². The largest absolute Gasteiger partial charge is 0.330 e. The first kappa shape index (κ1) is 24.6. The van der Waals surface area contributed by atoms with Crippen molar-refractivity contribution in [3.8, 4) is 5.69 Å². The van der Waals surface area contributed by atoms with Gasteiger partial charge in [0.2, 0.25) is 0 Å². The number of benzene rings is 2. The summed E-state index contributed by atoms with van der Waals surface area (Å²) in [6, 6.07) is 11.9. The highest BCUT2D eigenvalue weighted by Gasteiger charge is 2.30. The number of rotatable bonds is 7. The lowest BCUT2D eigenvalue weighted by Crippen LogP contribution is -2.41. The molecule has 5 nitrogen and oxygen atoms in total. The van der Waals surface area contributed by atoms with Crippen molar-refractivity contribution in [1.82, 2.24) is 14.5 Å². The van der Waals surface area contributed by atoms with Gasteiger partial charge in [0.1, 0.15) is 5.82 Å². The maximum atomic E-state index is 13.6. The highest BCUT2D eigenvalue weighted by molar-refractivity contribution is 6.53. The van der Waals surface area contributed by atoms with Crippen molar-refractivity contribution >= 4 is 51.6 Å². The molecular formula is C24H26Cl3N3O2. The molecule has 8 heteroatoms. The standard InChI is InChI=1S/C24H26Cl3N3O2/c1-14(2)11-12-29(24(32)21(26)27)16(4)22-28-19-8-6-5-7-18(19)23(31)30(22)20-10-9-17(25)13-15(20)3/h5-10,13-14,16,21H,11-12H2,1-4H3. The number of hydrogen-bond acceptors (Lipinski definition) is 3. The molecular weight excluding hydrogens is 469 g/mol. The van der Waals surface area contributed by atoms with Crippen LogP contribution in [0.25, 0.3) is 16.6 Å². The van der Waals surface area contributed by atoms with E-state index in [2.05, 4.69) is 13.8 Å². The molecule has 1 unspecified atom stereocenters. The number of alkyl halides is 2. The molecule has 170 valence electrons. The molecule has 3 aromatic rings. The van der Waals surface area contributed by atoms with Crippen molar-refractivity contribution in [2.45, 2.75) is 45.0 Å². The van der Waals surface area contributed by atoms with Crippen molar-refractivity contribution in [1.29, 1.82) is 0 Å². The molecule has 0 fully saturated rings. The smallest absolute Gasteiger partial charge is 0.266 e. The van der Waals surface area contributed by atoms with Gasteiger partial charge < -0.3 is 4.90 Å². The maximum absolute atomic E-state index is 13.6. The number of halogens is 3. The molecule has 3 rings (SSSR count). The second-order valence-electron chi connectivity index (χ2n) is 8.25. The van der Waals surface area contributed by atoms with Gasteiger partial charge in [0.25, 0.3) is 11.5 Å². The zero-order valence-corrected chi connectivity index (χ0v) is 20.7. The van der Waals surface area contributed by atoms with Crippen LogP contribution in [0.4, 0.5) is 0 Å². The van der Waals surface area contributed by atoms with Crippen molar-refractivity contribution in [2.75, 3.05) is 6.54 Å². The van der Waals surface area contributed by atoms with Crippen LogP contribution in [-0.4, -0.2) is 31.7 Å². The third-order valence-corrected chi connectivity index (χ3v) is 6.07. The van der Waals surface area contributed by atoms with Crippen LogP contribution in [0.2, 0.25) is 5.02 Å². The number of fused-ring (bicyclic) bond motifs is 1. The number of amides is 1. The van der Waals surface area contributed by atoms with Gasteiger partial charge >= 0.3 is 0 Å². The van der Waals surface area contributed by atoms with Gasteiger partial charge in [-0.2, -0.15) is 0 Å². The van der Waals surface area contributed by atoms with Crippen molar-refractivity contribution in [2.24, 2.45) is 5.92 Å². The Morgan fingerprint density at radius 2 is 1.81 bits per heavy atom. The molecule has 2 aromatic carbocycles. The van der Waals surface area contributed by atoms with E-state index >= 15 is 0 Å². The molecule has 0 saturated heterocycles. The zero-order valence-electron chi connectivity index (χ0n) is 18.5. The van der Waals surface area contributed by atoms with Crippen LogP contribution in [0, 0.1) is 12.8 Å². The maximum Gasteiger partial charge on any atom is 0.266 e. The summed E-state index contributed by atoms with van der Waals surface area (Å²) in [5.74, 6) is 0.389. The van der Waals surface area contributed by atoms with E-state index in [4.69, 9.17) is 39.8 Å². The summed E-state index contributed by atoms with van der Waals surface area (Å²) in [5, 5.41) is 1.06. The predicted molar refractivity (Wildman–Crippen MR) is 132 cm³/mol. The first-order valence-corrected chi connectivity index (χ1v) is 11.7. The summed E-state index contributed by atoms with van der Waals surface area (Å²) in [5.41, 5.74) is 1.82. The minimum Gasteiger partial charge on any atom is -0.330 e. The number of carbonyl (C=O) groups excluding carboxylic acids is 1. The molecule has 0 aliphatic heterocycles. The third-order valence-electron chi connectivity index (χ3n) is 5.46. The Balaban J connectivity index is 2.27. The first-order valence-electron chi connectivity index (χ1n) is 10.5. The number of aryl methyl sites for hydroxylation is 1. The molecule has 1 aromatic heterocycles. The highest BCUT2D eigenvalue weighted by atomic mass is 35.5. The van der Waals surface area contributed by atoms with E-state index in [1.54, 1.807) is 45.9 Å². The molecule has 1 heterocycles. The quantitative estimate of drug-likeness (QED) is 0.374. The van der Waals surface area contributed by atoms with Crippen LogP contribution in [0.3, 0.4) is 0 Å². The van der Waals surface area contributed by atoms with Crippen molar-refractivity contribution in [3.05, 3.63) is 69.2 Å². The van der Waals surface area contributed by atoms with Gasteiger partial charge in [0.05, 0.1) is 22.6 Å². The Bertz CT molecular complexity index is 1190. The Morgan fingerprint density at radius 1 is 1.12 bits per heavy atom. The van der Waals surface area contributed by atoms with Gasteiger partial charge in [-0.3, -0.25) is 14.2 Å². The minimum absolute atomic E-state index is 0.215. The van der Waals surface area contributed by atoms with Gasteiger partial charge in [-0.25, -0.2) is 4.98 Å². The number of carbonyl (C=O) groups is 1. The fraction of sp³-hybridized carbons (Fsp3) is 0.375. The van der Waals surface area contributed by atoms with E-state index in [-0.39, 0.29) is 5.56 Å². The summed E-state index contributed by atoms with van der Waals surface area (Å²) in [6.45, 7) is 8.32. The third kappa shape index (κ3) is 5.11. The van der Waals surface area contributed by atoms with Crippen LogP contribution in [-0.2, 0) is 4.79 Å². The molecule has 0 radical (unpaired) electrons. The van der Waals surface area contributed by atoms with Crippen LogP contribution in [0.1, 0.15) is 44.6 Å². The lowest BCUT2D eigenvalue weighted by atomic mass is 10.1. The molecule has 0 N–H and O–H groups in total. The van der Waals surface area contributed by atoms with Crippen molar-refractivity contribution in [3.63, 3.8) is 0 Å². The summed E-state index contributed by atoms with van der Waals surface area (Å²) in [7, 11) is 0. The second kappa shape index (κ2) is 10.2. The summed E-state index contributed by atoms with van der Waals surface area (Å²) < 4.78 is 1.56. The molecule has 0 spiro atoms. The normalized spacial score (nSPS) is 12.5. The van der Waals surface area contributed by atoms with E-state index in [1.807, 2.05) is 19.9 Å². The fourth-order valence-electron chi connectivity index (χ4n) is 3.69. The number of para-hydroxylation sites is 1. The van der Waals surface area contributed by atoms with E-state index in [9.17, 15) is 9.59 Å². The van der Waals surface area contributed by atoms with E-state index in [0.29, 0.717) is 39.9 Å². The Hall–Kier alpha value is -2.08. The van der Waals surface area contributed by atoms with Gasteiger partial charge in [-0.15, -0.1) is 0 Å². The molecule has 1 amide bonds. The summed E-state index contributed by atoms with van der Waals surface area (Å²) in [4.78, 5) is 31.7. The van der Waals surface area contributed by atoms with Crippen molar-refractivity contribution < 1.29 is 4.79 Å². The lowest BCUT2D eigenvalue weighted by molar-refractivity contribution is -0.131. The number of hydrogen-bond donors (Lipinski definition) is 0. The Labute approximate surface area is 202 Å². The van der Waals surface area contributed by atoms with Gasteiger partial charge in [0.15, 0.2) is 4.84 Å². The Kier molecular flexibility index (Phi) is 7.86. The molecule has 0 aliphatic carbocycles. The highest BCUT2D eigenvalue weighted by Crippen LogP contribution is 2.27. The lowest BCUT2D eigenvalue weighted by Gasteiger charge is -2.31. The molecule has 32 heavy (non-hydrogen) atoms. The van der Waals surface area contributed by atoms with Crippen LogP contribution < -0.4 is 5.56 Å². The minimum atomic E-state index is -1.21. The number of aromatic nitrogens is 2. The average Bonchev–Trinajstić information content (AvgIpc) is 2.74. The molecule has 0 saturated carbocycles. The van der Waals surface area contributed by atoms with E-state index in [1.165, 1.54) is 0 Å². The van der Waals surface area contributed by atoms with E-state index < -0.39 is 16.8 Å². The van der Waals surface area contributed by atoms with Gasteiger partial charge in [-0.05, 0) is 62.1 Å². The summed E-state index contributed by atoms with van der Waals surface area (Å²) in [6.07, 6.45) is 0.758. The second-order valence-corrected chi connectivity index (χ2v) is 9.78. The fourth-order valence-corrected chi connectivity index (χ4v) is 4.17. The first-order chi connectivity index (χ1) is 15.1. The van der Waals surface area contributed by atoms with E-state index in [0.717, 1.165) is 12.0 Å². The predicted octanol–water partition coefficient (Wildman–Crippen LogP) is 6.09. The zero-order chi connectivity index (χ0) is 23.6. The number of nitrogens with zero attached hydrogens (tertiary/aromatic N) is 3. The van der Waals surface area contributed by atoms with Gasteiger partial charge in [0, 0.05) is 11.6 Å². The SMILES string of the molecule is Cc1cc(Cl)ccc1-n1c(C(C)N(CCC(C)C)C(=O)C(Cl)Cl)nc2ccccc2c1=O.